The third-order valence-corrected chi connectivity index (χ3v) is 5.48. The van der Waals surface area contributed by atoms with Crippen LogP contribution in [0.25, 0.3) is 10.9 Å². The van der Waals surface area contributed by atoms with Crippen LogP contribution in [0.4, 0.5) is 5.69 Å². The van der Waals surface area contributed by atoms with Crippen molar-refractivity contribution < 1.29 is 14.3 Å². The normalized spacial score (nSPS) is 14.7. The molecule has 1 aliphatic rings. The summed E-state index contributed by atoms with van der Waals surface area (Å²) in [6.07, 6.45) is 3.12. The molecule has 0 bridgehead atoms. The van der Waals surface area contributed by atoms with Crippen LogP contribution in [-0.4, -0.2) is 36.4 Å². The van der Waals surface area contributed by atoms with Crippen molar-refractivity contribution in [2.45, 2.75) is 19.8 Å². The SMILES string of the molecule is CCOC(=O)c1cnc2ccccc2c1N1CCC(C(=O)c2ccccc2)CC1. The minimum atomic E-state index is -0.358. The van der Waals surface area contributed by atoms with E-state index in [1.807, 2.05) is 54.6 Å². The Morgan fingerprint density at radius 2 is 1.72 bits per heavy atom. The minimum Gasteiger partial charge on any atom is -0.462 e. The van der Waals surface area contributed by atoms with Gasteiger partial charge in [-0.3, -0.25) is 9.78 Å². The van der Waals surface area contributed by atoms with Gasteiger partial charge in [0, 0.05) is 36.2 Å². The predicted molar refractivity (Wildman–Crippen MR) is 113 cm³/mol. The van der Waals surface area contributed by atoms with Gasteiger partial charge in [0.1, 0.15) is 5.56 Å². The Morgan fingerprint density at radius 1 is 1.03 bits per heavy atom. The molecule has 0 saturated carbocycles. The summed E-state index contributed by atoms with van der Waals surface area (Å²) in [5, 5.41) is 0.936. The van der Waals surface area contributed by atoms with E-state index in [1.165, 1.54) is 0 Å². The Balaban J connectivity index is 1.61. The molecule has 0 amide bonds. The van der Waals surface area contributed by atoms with Crippen LogP contribution < -0.4 is 4.90 Å². The Morgan fingerprint density at radius 3 is 2.45 bits per heavy atom. The number of fused-ring (bicyclic) bond motifs is 1. The summed E-state index contributed by atoms with van der Waals surface area (Å²) in [7, 11) is 0. The molecule has 1 saturated heterocycles. The van der Waals surface area contributed by atoms with Gasteiger partial charge in [0.25, 0.3) is 0 Å². The Bertz CT molecular complexity index is 1020. The van der Waals surface area contributed by atoms with Crippen LogP contribution in [0.5, 0.6) is 0 Å². The van der Waals surface area contributed by atoms with Crippen molar-refractivity contribution in [3.05, 3.63) is 71.9 Å². The second kappa shape index (κ2) is 8.43. The molecular formula is C24H24N2O3. The van der Waals surface area contributed by atoms with Gasteiger partial charge < -0.3 is 9.64 Å². The molecule has 3 aromatic rings. The van der Waals surface area contributed by atoms with E-state index in [4.69, 9.17) is 4.74 Å². The molecule has 2 aromatic carbocycles. The lowest BCUT2D eigenvalue weighted by atomic mass is 9.88. The zero-order chi connectivity index (χ0) is 20.2. The average Bonchev–Trinajstić information content (AvgIpc) is 2.78. The summed E-state index contributed by atoms with van der Waals surface area (Å²) >= 11 is 0. The van der Waals surface area contributed by atoms with Crippen LogP contribution in [-0.2, 0) is 4.74 Å². The predicted octanol–water partition coefficient (Wildman–Crippen LogP) is 4.51. The molecule has 1 aliphatic heterocycles. The number of aromatic nitrogens is 1. The zero-order valence-electron chi connectivity index (χ0n) is 16.5. The van der Waals surface area contributed by atoms with E-state index < -0.39 is 0 Å². The number of hydrogen-bond acceptors (Lipinski definition) is 5. The first-order chi connectivity index (χ1) is 14.2. The highest BCUT2D eigenvalue weighted by atomic mass is 16.5. The molecule has 148 valence electrons. The maximum Gasteiger partial charge on any atom is 0.341 e. The molecule has 5 heteroatoms. The standard InChI is InChI=1S/C24H24N2O3/c1-2-29-24(28)20-16-25-21-11-7-6-10-19(21)22(20)26-14-12-18(13-15-26)23(27)17-8-4-3-5-9-17/h3-11,16,18H,2,12-15H2,1H3. The number of Topliss-reactive ketones (excluding diaryl/α,β-unsaturated/α-hetero) is 1. The summed E-state index contributed by atoms with van der Waals surface area (Å²) in [5.74, 6) is -0.147. The Labute approximate surface area is 170 Å². The average molecular weight is 388 g/mol. The van der Waals surface area contributed by atoms with E-state index in [0.717, 1.165) is 35.0 Å². The van der Waals surface area contributed by atoms with E-state index >= 15 is 0 Å². The fraction of sp³-hybridized carbons (Fsp3) is 0.292. The van der Waals surface area contributed by atoms with Gasteiger partial charge in [-0.05, 0) is 25.8 Å². The summed E-state index contributed by atoms with van der Waals surface area (Å²) in [6.45, 7) is 3.54. The molecule has 2 heterocycles. The first-order valence-electron chi connectivity index (χ1n) is 10.1. The van der Waals surface area contributed by atoms with Crippen molar-refractivity contribution >= 4 is 28.3 Å². The molecule has 0 radical (unpaired) electrons. The number of hydrogen-bond donors (Lipinski definition) is 0. The number of anilines is 1. The minimum absolute atomic E-state index is 0.00722. The number of carbonyl (C=O) groups excluding carboxylic acids is 2. The number of nitrogens with zero attached hydrogens (tertiary/aromatic N) is 2. The van der Waals surface area contributed by atoms with Gasteiger partial charge in [0.2, 0.25) is 0 Å². The lowest BCUT2D eigenvalue weighted by Gasteiger charge is -2.34. The highest BCUT2D eigenvalue weighted by Gasteiger charge is 2.29. The Kier molecular flexibility index (Phi) is 5.56. The largest absolute Gasteiger partial charge is 0.462 e. The van der Waals surface area contributed by atoms with Crippen molar-refractivity contribution in [2.24, 2.45) is 5.92 Å². The zero-order valence-corrected chi connectivity index (χ0v) is 16.5. The third-order valence-electron chi connectivity index (χ3n) is 5.48. The molecule has 0 N–H and O–H groups in total. The highest BCUT2D eigenvalue weighted by Crippen LogP contribution is 2.34. The third kappa shape index (κ3) is 3.86. The van der Waals surface area contributed by atoms with Gasteiger partial charge in [-0.2, -0.15) is 0 Å². The summed E-state index contributed by atoms with van der Waals surface area (Å²) in [5.41, 5.74) is 2.96. The van der Waals surface area contributed by atoms with Crippen LogP contribution >= 0.6 is 0 Å². The van der Waals surface area contributed by atoms with E-state index in [1.54, 1.807) is 13.1 Å². The smallest absolute Gasteiger partial charge is 0.341 e. The van der Waals surface area contributed by atoms with E-state index in [2.05, 4.69) is 9.88 Å². The second-order valence-corrected chi connectivity index (χ2v) is 7.25. The lowest BCUT2D eigenvalue weighted by molar-refractivity contribution is 0.0526. The van der Waals surface area contributed by atoms with Crippen molar-refractivity contribution in [3.63, 3.8) is 0 Å². The van der Waals surface area contributed by atoms with Crippen molar-refractivity contribution in [2.75, 3.05) is 24.6 Å². The molecule has 4 rings (SSSR count). The van der Waals surface area contributed by atoms with Gasteiger partial charge in [0.15, 0.2) is 5.78 Å². The number of ketones is 1. The molecule has 1 fully saturated rings. The molecule has 5 nitrogen and oxygen atoms in total. The van der Waals surface area contributed by atoms with Crippen LogP contribution in [0.2, 0.25) is 0 Å². The number of piperidine rings is 1. The monoisotopic (exact) mass is 388 g/mol. The maximum absolute atomic E-state index is 12.8. The number of rotatable bonds is 5. The number of ether oxygens (including phenoxy) is 1. The quantitative estimate of drug-likeness (QED) is 0.475. The van der Waals surface area contributed by atoms with Gasteiger partial charge in [-0.25, -0.2) is 4.79 Å². The molecule has 0 atom stereocenters. The van der Waals surface area contributed by atoms with E-state index in [9.17, 15) is 9.59 Å². The van der Waals surface area contributed by atoms with Crippen LogP contribution in [0, 0.1) is 5.92 Å². The first kappa shape index (κ1) is 19.1. The Hall–Kier alpha value is -3.21. The fourth-order valence-corrected chi connectivity index (χ4v) is 4.03. The van der Waals surface area contributed by atoms with Crippen molar-refractivity contribution in [1.82, 2.24) is 4.98 Å². The number of para-hydroxylation sites is 1. The van der Waals surface area contributed by atoms with Crippen LogP contribution in [0.1, 0.15) is 40.5 Å². The molecular weight excluding hydrogens is 364 g/mol. The van der Waals surface area contributed by atoms with E-state index in [0.29, 0.717) is 25.3 Å². The number of carbonyl (C=O) groups is 2. The summed E-state index contributed by atoms with van der Waals surface area (Å²) in [4.78, 5) is 32.0. The molecule has 0 spiro atoms. The molecule has 0 aliphatic carbocycles. The van der Waals surface area contributed by atoms with Gasteiger partial charge in [-0.1, -0.05) is 48.5 Å². The molecule has 0 unspecified atom stereocenters. The highest BCUT2D eigenvalue weighted by molar-refractivity contribution is 6.05. The van der Waals surface area contributed by atoms with Crippen molar-refractivity contribution in [1.29, 1.82) is 0 Å². The van der Waals surface area contributed by atoms with Gasteiger partial charge in [0.05, 0.1) is 17.8 Å². The molecule has 1 aromatic heterocycles. The second-order valence-electron chi connectivity index (χ2n) is 7.25. The summed E-state index contributed by atoms with van der Waals surface area (Å²) in [6, 6.07) is 17.3. The summed E-state index contributed by atoms with van der Waals surface area (Å²) < 4.78 is 5.27. The molecule has 29 heavy (non-hydrogen) atoms. The number of benzene rings is 2. The van der Waals surface area contributed by atoms with E-state index in [-0.39, 0.29) is 17.7 Å². The fourth-order valence-electron chi connectivity index (χ4n) is 4.03. The topological polar surface area (TPSA) is 59.5 Å². The van der Waals surface area contributed by atoms with Crippen LogP contribution in [0.3, 0.4) is 0 Å². The number of esters is 1. The van der Waals surface area contributed by atoms with Gasteiger partial charge >= 0.3 is 5.97 Å². The maximum atomic E-state index is 12.8. The van der Waals surface area contributed by atoms with Crippen molar-refractivity contribution in [3.8, 4) is 0 Å². The lowest BCUT2D eigenvalue weighted by Crippen LogP contribution is -2.37. The number of pyridine rings is 1. The van der Waals surface area contributed by atoms with Gasteiger partial charge in [-0.15, -0.1) is 0 Å². The first-order valence-corrected chi connectivity index (χ1v) is 10.1. The van der Waals surface area contributed by atoms with Crippen LogP contribution in [0.15, 0.2) is 60.8 Å².